The molecule has 0 N–H and O–H groups in total. The van der Waals surface area contributed by atoms with Gasteiger partial charge in [-0.05, 0) is 56.9 Å². The summed E-state index contributed by atoms with van der Waals surface area (Å²) in [5.74, 6) is 1.78. The SMILES string of the molecule is c1ccc(-c2ccc(-c3nc(-c4ccccc4)nc(-c4ccc5c(c4)nc(-c4cc6ccccc6c6ccccc46)c4c6ccccc6oc54)n3)cc2)cc1. The number of benzene rings is 8. The third-order valence-corrected chi connectivity index (χ3v) is 10.5. The van der Waals surface area contributed by atoms with E-state index in [4.69, 9.17) is 24.4 Å². The second-order valence-corrected chi connectivity index (χ2v) is 13.8. The fraction of sp³-hybridized carbons (Fsp3) is 0. The van der Waals surface area contributed by atoms with Gasteiger partial charge in [0, 0.05) is 33.0 Å². The standard InChI is InChI=1S/C50H30N4O/c1-3-13-31(14-4-1)32-23-25-34(26-24-32)49-52-48(33-15-5-2-6-16-33)53-50(54-49)36-27-28-40-43(30-36)51-46(45-41-21-11-12-22-44(41)55-47(40)45)42-29-35-17-7-8-18-37(35)38-19-9-10-20-39(38)42/h1-30H. The fourth-order valence-electron chi connectivity index (χ4n) is 7.84. The number of hydrogen-bond donors (Lipinski definition) is 0. The molecule has 0 aliphatic carbocycles. The largest absolute Gasteiger partial charge is 0.455 e. The topological polar surface area (TPSA) is 64.7 Å². The molecule has 11 aromatic rings. The maximum atomic E-state index is 6.69. The Morgan fingerprint density at radius 2 is 0.873 bits per heavy atom. The lowest BCUT2D eigenvalue weighted by atomic mass is 9.93. The first-order chi connectivity index (χ1) is 27.2. The number of para-hydroxylation sites is 1. The zero-order chi connectivity index (χ0) is 36.3. The Morgan fingerprint density at radius 1 is 0.345 bits per heavy atom. The Morgan fingerprint density at radius 3 is 1.62 bits per heavy atom. The van der Waals surface area contributed by atoms with E-state index in [9.17, 15) is 0 Å². The molecule has 5 nitrogen and oxygen atoms in total. The molecule has 0 amide bonds. The maximum absolute atomic E-state index is 6.69. The molecule has 8 aromatic carbocycles. The van der Waals surface area contributed by atoms with Gasteiger partial charge in [-0.15, -0.1) is 0 Å². The monoisotopic (exact) mass is 702 g/mol. The normalized spacial score (nSPS) is 11.6. The summed E-state index contributed by atoms with van der Waals surface area (Å²) in [4.78, 5) is 20.6. The van der Waals surface area contributed by atoms with Gasteiger partial charge in [0.25, 0.3) is 0 Å². The summed E-state index contributed by atoms with van der Waals surface area (Å²) in [6.07, 6.45) is 0. The average Bonchev–Trinajstić information content (AvgIpc) is 3.66. The summed E-state index contributed by atoms with van der Waals surface area (Å²) in [7, 11) is 0. The number of pyridine rings is 1. The lowest BCUT2D eigenvalue weighted by Gasteiger charge is -2.13. The summed E-state index contributed by atoms with van der Waals surface area (Å²) < 4.78 is 6.69. The molecule has 0 bridgehead atoms. The Balaban J connectivity index is 1.14. The van der Waals surface area contributed by atoms with Crippen molar-refractivity contribution < 1.29 is 4.42 Å². The third kappa shape index (κ3) is 5.24. The van der Waals surface area contributed by atoms with Gasteiger partial charge in [-0.1, -0.05) is 158 Å². The fourth-order valence-corrected chi connectivity index (χ4v) is 7.84. The second kappa shape index (κ2) is 12.6. The van der Waals surface area contributed by atoms with Crippen LogP contribution in [0.2, 0.25) is 0 Å². The number of rotatable bonds is 5. The van der Waals surface area contributed by atoms with E-state index in [1.807, 2.05) is 48.5 Å². The van der Waals surface area contributed by atoms with Crippen LogP contribution in [-0.4, -0.2) is 19.9 Å². The minimum Gasteiger partial charge on any atom is -0.455 e. The molecule has 0 aliphatic rings. The van der Waals surface area contributed by atoms with E-state index < -0.39 is 0 Å². The lowest BCUT2D eigenvalue weighted by Crippen LogP contribution is -2.00. The Bertz CT molecular complexity index is 3250. The zero-order valence-electron chi connectivity index (χ0n) is 29.5. The molecular formula is C50H30N4O. The third-order valence-electron chi connectivity index (χ3n) is 10.5. The van der Waals surface area contributed by atoms with Crippen molar-refractivity contribution in [1.29, 1.82) is 0 Å². The van der Waals surface area contributed by atoms with Crippen LogP contribution in [0.4, 0.5) is 0 Å². The first-order valence-corrected chi connectivity index (χ1v) is 18.4. The first kappa shape index (κ1) is 31.1. The molecule has 0 fully saturated rings. The van der Waals surface area contributed by atoms with Crippen molar-refractivity contribution in [3.63, 3.8) is 0 Å². The van der Waals surface area contributed by atoms with Gasteiger partial charge in [0.15, 0.2) is 17.5 Å². The molecule has 3 aromatic heterocycles. The van der Waals surface area contributed by atoms with E-state index in [0.29, 0.717) is 17.5 Å². The summed E-state index contributed by atoms with van der Waals surface area (Å²) in [5.41, 5.74) is 9.34. The Labute approximate surface area is 316 Å². The van der Waals surface area contributed by atoms with Crippen molar-refractivity contribution in [2.45, 2.75) is 0 Å². The van der Waals surface area contributed by atoms with Crippen LogP contribution in [0, 0.1) is 0 Å². The smallest absolute Gasteiger partial charge is 0.164 e. The maximum Gasteiger partial charge on any atom is 0.164 e. The highest BCUT2D eigenvalue weighted by Crippen LogP contribution is 2.43. The lowest BCUT2D eigenvalue weighted by molar-refractivity contribution is 0.672. The van der Waals surface area contributed by atoms with Crippen LogP contribution in [0.5, 0.6) is 0 Å². The number of hydrogen-bond acceptors (Lipinski definition) is 5. The molecule has 0 saturated heterocycles. The highest BCUT2D eigenvalue weighted by Gasteiger charge is 2.21. The van der Waals surface area contributed by atoms with Crippen molar-refractivity contribution in [2.24, 2.45) is 0 Å². The van der Waals surface area contributed by atoms with Crippen molar-refractivity contribution in [1.82, 2.24) is 19.9 Å². The second-order valence-electron chi connectivity index (χ2n) is 13.8. The average molecular weight is 703 g/mol. The van der Waals surface area contributed by atoms with Gasteiger partial charge in [-0.25, -0.2) is 19.9 Å². The number of aromatic nitrogens is 4. The highest BCUT2D eigenvalue weighted by atomic mass is 16.3. The van der Waals surface area contributed by atoms with E-state index in [1.54, 1.807) is 0 Å². The predicted octanol–water partition coefficient (Wildman–Crippen LogP) is 13.0. The van der Waals surface area contributed by atoms with E-state index in [2.05, 4.69) is 133 Å². The van der Waals surface area contributed by atoms with Crippen molar-refractivity contribution in [3.05, 3.63) is 182 Å². The summed E-state index contributed by atoms with van der Waals surface area (Å²) in [6.45, 7) is 0. The van der Waals surface area contributed by atoms with E-state index in [0.717, 1.165) is 82.7 Å². The molecule has 0 atom stereocenters. The van der Waals surface area contributed by atoms with Crippen LogP contribution >= 0.6 is 0 Å². The van der Waals surface area contributed by atoms with Gasteiger partial charge >= 0.3 is 0 Å². The van der Waals surface area contributed by atoms with Gasteiger partial charge in [-0.3, -0.25) is 0 Å². The number of nitrogens with zero attached hydrogens (tertiary/aromatic N) is 4. The molecule has 5 heteroatoms. The van der Waals surface area contributed by atoms with Crippen LogP contribution in [0.25, 0.3) is 111 Å². The Kier molecular flexibility index (Phi) is 7.10. The van der Waals surface area contributed by atoms with Crippen LogP contribution in [0.1, 0.15) is 0 Å². The first-order valence-electron chi connectivity index (χ1n) is 18.4. The van der Waals surface area contributed by atoms with Gasteiger partial charge in [0.1, 0.15) is 11.2 Å². The molecule has 0 aliphatic heterocycles. The van der Waals surface area contributed by atoms with Gasteiger partial charge in [-0.2, -0.15) is 0 Å². The molecule has 11 rings (SSSR count). The van der Waals surface area contributed by atoms with Gasteiger partial charge in [0.2, 0.25) is 0 Å². The molecule has 0 unspecified atom stereocenters. The van der Waals surface area contributed by atoms with E-state index in [1.165, 1.54) is 10.8 Å². The van der Waals surface area contributed by atoms with Crippen molar-refractivity contribution >= 4 is 54.4 Å². The number of fused-ring (bicyclic) bond motifs is 8. The molecular weight excluding hydrogens is 673 g/mol. The Hall–Kier alpha value is -7.50. The summed E-state index contributed by atoms with van der Waals surface area (Å²) in [5, 5.41) is 7.68. The molecule has 55 heavy (non-hydrogen) atoms. The van der Waals surface area contributed by atoms with Gasteiger partial charge in [0.05, 0.1) is 16.6 Å². The van der Waals surface area contributed by atoms with E-state index in [-0.39, 0.29) is 0 Å². The van der Waals surface area contributed by atoms with E-state index >= 15 is 0 Å². The molecule has 0 radical (unpaired) electrons. The molecule has 3 heterocycles. The number of furan rings is 1. The van der Waals surface area contributed by atoms with Crippen molar-refractivity contribution in [2.75, 3.05) is 0 Å². The predicted molar refractivity (Wildman–Crippen MR) is 225 cm³/mol. The van der Waals surface area contributed by atoms with Crippen LogP contribution < -0.4 is 0 Å². The summed E-state index contributed by atoms with van der Waals surface area (Å²) >= 11 is 0. The zero-order valence-corrected chi connectivity index (χ0v) is 29.5. The molecule has 0 saturated carbocycles. The van der Waals surface area contributed by atoms with Gasteiger partial charge < -0.3 is 4.42 Å². The summed E-state index contributed by atoms with van der Waals surface area (Å²) in [6, 6.07) is 62.7. The minimum absolute atomic E-state index is 0.571. The van der Waals surface area contributed by atoms with Crippen LogP contribution in [0.3, 0.4) is 0 Å². The van der Waals surface area contributed by atoms with Crippen LogP contribution in [-0.2, 0) is 0 Å². The van der Waals surface area contributed by atoms with Crippen LogP contribution in [0.15, 0.2) is 186 Å². The molecule has 0 spiro atoms. The molecule has 256 valence electrons. The highest BCUT2D eigenvalue weighted by molar-refractivity contribution is 6.23. The quantitative estimate of drug-likeness (QED) is 0.167. The van der Waals surface area contributed by atoms with Crippen molar-refractivity contribution in [3.8, 4) is 56.5 Å². The minimum atomic E-state index is 0.571.